The molecule has 1 aliphatic rings. The number of nitrogens with zero attached hydrogens (tertiary/aromatic N) is 4. The second-order valence-corrected chi connectivity index (χ2v) is 9.87. The van der Waals surface area contributed by atoms with Gasteiger partial charge < -0.3 is 14.9 Å². The zero-order valence-electron chi connectivity index (χ0n) is 20.0. The highest BCUT2D eigenvalue weighted by Gasteiger charge is 2.43. The van der Waals surface area contributed by atoms with Gasteiger partial charge in [0.15, 0.2) is 0 Å². The summed E-state index contributed by atoms with van der Waals surface area (Å²) in [6.07, 6.45) is 5.30. The van der Waals surface area contributed by atoms with Crippen molar-refractivity contribution < 1.29 is 18.8 Å². The van der Waals surface area contributed by atoms with Crippen molar-refractivity contribution in [3.8, 4) is 11.4 Å². The van der Waals surface area contributed by atoms with Gasteiger partial charge in [-0.1, -0.05) is 17.3 Å². The first-order chi connectivity index (χ1) is 16.7. The highest BCUT2D eigenvalue weighted by molar-refractivity contribution is 6.04. The first-order valence-corrected chi connectivity index (χ1v) is 11.8. The Morgan fingerprint density at radius 3 is 2.86 bits per heavy atom. The first kappa shape index (κ1) is 23.2. The van der Waals surface area contributed by atoms with Crippen molar-refractivity contribution in [2.24, 2.45) is 0 Å². The molecule has 182 valence electrons. The van der Waals surface area contributed by atoms with Crippen molar-refractivity contribution in [2.75, 3.05) is 5.32 Å². The van der Waals surface area contributed by atoms with E-state index in [1.54, 1.807) is 30.5 Å². The summed E-state index contributed by atoms with van der Waals surface area (Å²) in [5, 5.41) is 16.8. The van der Waals surface area contributed by atoms with Gasteiger partial charge >= 0.3 is 0 Å². The number of halogens is 1. The molecule has 35 heavy (non-hydrogen) atoms. The Hall–Kier alpha value is -3.59. The minimum Gasteiger partial charge on any atom is -0.390 e. The third-order valence-corrected chi connectivity index (χ3v) is 6.28. The molecular formula is C26H28FN5O3. The predicted octanol–water partition coefficient (Wildman–Crippen LogP) is 4.86. The summed E-state index contributed by atoms with van der Waals surface area (Å²) in [5.41, 5.74) is 3.69. The van der Waals surface area contributed by atoms with Crippen LogP contribution in [0.1, 0.15) is 66.5 Å². The van der Waals surface area contributed by atoms with Gasteiger partial charge in [-0.05, 0) is 75.8 Å². The van der Waals surface area contributed by atoms with Crippen LogP contribution in [0.5, 0.6) is 0 Å². The number of nitrogens with one attached hydrogen (secondary N) is 1. The lowest BCUT2D eigenvalue weighted by molar-refractivity contribution is 0.0689. The maximum Gasteiger partial charge on any atom is 0.274 e. The average molecular weight is 478 g/mol. The van der Waals surface area contributed by atoms with Gasteiger partial charge in [0.05, 0.1) is 17.7 Å². The van der Waals surface area contributed by atoms with E-state index in [-0.39, 0.29) is 11.8 Å². The molecular weight excluding hydrogens is 449 g/mol. The van der Waals surface area contributed by atoms with E-state index in [0.29, 0.717) is 47.1 Å². The summed E-state index contributed by atoms with van der Waals surface area (Å²) in [7, 11) is 0. The number of hydrogen-bond donors (Lipinski definition) is 2. The van der Waals surface area contributed by atoms with E-state index in [4.69, 9.17) is 4.52 Å². The molecule has 0 spiro atoms. The summed E-state index contributed by atoms with van der Waals surface area (Å²) in [6.45, 7) is 5.51. The SMILES string of the molecule is Cc1ccc(-c2noc(C3CC3F)n2)cc1NC(=O)c1cnc2cc(CCCC(C)(C)O)ccn12. The standard InChI is InChI=1S/C26H28FN5O3/c1-15-6-7-17(23-30-25(35-31-23)18-13-19(18)27)12-20(15)29-24(33)21-14-28-22-11-16(8-10-32(21)22)5-4-9-26(2,3)34/h6-8,10-12,14,18-19,34H,4-5,9,13H2,1-3H3,(H,29,33). The van der Waals surface area contributed by atoms with Gasteiger partial charge in [0.25, 0.3) is 5.91 Å². The van der Waals surface area contributed by atoms with Crippen molar-refractivity contribution in [1.82, 2.24) is 19.5 Å². The van der Waals surface area contributed by atoms with Crippen LogP contribution >= 0.6 is 0 Å². The molecule has 1 fully saturated rings. The van der Waals surface area contributed by atoms with Gasteiger partial charge in [-0.2, -0.15) is 4.98 Å². The molecule has 4 aromatic rings. The van der Waals surface area contributed by atoms with Gasteiger partial charge in [0.2, 0.25) is 11.7 Å². The normalized spacial score (nSPS) is 17.6. The number of aliphatic hydroxyl groups is 1. The molecule has 0 saturated heterocycles. The number of aryl methyl sites for hydroxylation is 2. The zero-order chi connectivity index (χ0) is 24.7. The summed E-state index contributed by atoms with van der Waals surface area (Å²) in [6, 6.07) is 9.42. The molecule has 1 saturated carbocycles. The van der Waals surface area contributed by atoms with Crippen LogP contribution in [0.3, 0.4) is 0 Å². The van der Waals surface area contributed by atoms with Crippen molar-refractivity contribution in [2.45, 2.75) is 64.1 Å². The molecule has 0 radical (unpaired) electrons. The molecule has 9 heteroatoms. The third-order valence-electron chi connectivity index (χ3n) is 6.28. The van der Waals surface area contributed by atoms with Gasteiger partial charge in [-0.3, -0.25) is 9.20 Å². The van der Waals surface area contributed by atoms with Crippen molar-refractivity contribution in [1.29, 1.82) is 0 Å². The Labute approximate surface area is 202 Å². The van der Waals surface area contributed by atoms with E-state index in [2.05, 4.69) is 20.4 Å². The molecule has 1 aliphatic carbocycles. The quantitative estimate of drug-likeness (QED) is 0.375. The second-order valence-electron chi connectivity index (χ2n) is 9.87. The van der Waals surface area contributed by atoms with Crippen molar-refractivity contribution >= 4 is 17.2 Å². The Balaban J connectivity index is 1.31. The number of benzene rings is 1. The van der Waals surface area contributed by atoms with Crippen LogP contribution in [0, 0.1) is 6.92 Å². The molecule has 2 atom stereocenters. The number of pyridine rings is 1. The fourth-order valence-corrected chi connectivity index (χ4v) is 4.08. The number of alkyl halides is 1. The predicted molar refractivity (Wildman–Crippen MR) is 129 cm³/mol. The largest absolute Gasteiger partial charge is 0.390 e. The minimum atomic E-state index is -0.912. The summed E-state index contributed by atoms with van der Waals surface area (Å²) < 4.78 is 20.3. The van der Waals surface area contributed by atoms with E-state index in [9.17, 15) is 14.3 Å². The molecule has 0 bridgehead atoms. The Bertz CT molecular complexity index is 1390. The molecule has 1 amide bonds. The maximum absolute atomic E-state index is 13.3. The van der Waals surface area contributed by atoms with E-state index in [0.717, 1.165) is 24.0 Å². The number of imidazole rings is 1. The van der Waals surface area contributed by atoms with Crippen LogP contribution in [0.2, 0.25) is 0 Å². The van der Waals surface area contributed by atoms with E-state index < -0.39 is 11.8 Å². The summed E-state index contributed by atoms with van der Waals surface area (Å²) >= 11 is 0. The number of rotatable bonds is 8. The number of carbonyl (C=O) groups excluding carboxylic acids is 1. The molecule has 2 unspecified atom stereocenters. The average Bonchev–Trinajstić information content (AvgIpc) is 3.19. The number of carbonyl (C=O) groups is 1. The van der Waals surface area contributed by atoms with Crippen LogP contribution in [-0.2, 0) is 6.42 Å². The minimum absolute atomic E-state index is 0.292. The van der Waals surface area contributed by atoms with Crippen molar-refractivity contribution in [3.05, 3.63) is 65.4 Å². The summed E-state index contributed by atoms with van der Waals surface area (Å²) in [4.78, 5) is 21.8. The van der Waals surface area contributed by atoms with E-state index >= 15 is 0 Å². The number of amides is 1. The van der Waals surface area contributed by atoms with Gasteiger partial charge in [0.1, 0.15) is 17.5 Å². The second kappa shape index (κ2) is 8.88. The molecule has 2 N–H and O–H groups in total. The van der Waals surface area contributed by atoms with Crippen LogP contribution < -0.4 is 5.32 Å². The van der Waals surface area contributed by atoms with Crippen molar-refractivity contribution in [3.63, 3.8) is 0 Å². The van der Waals surface area contributed by atoms with E-state index in [1.807, 2.05) is 37.4 Å². The lowest BCUT2D eigenvalue weighted by atomic mass is 9.99. The third kappa shape index (κ3) is 5.09. The van der Waals surface area contributed by atoms with Crippen LogP contribution in [0.25, 0.3) is 17.0 Å². The fraction of sp³-hybridized carbons (Fsp3) is 0.385. The zero-order valence-corrected chi connectivity index (χ0v) is 20.0. The first-order valence-electron chi connectivity index (χ1n) is 11.8. The maximum atomic E-state index is 13.3. The molecule has 3 heterocycles. The lowest BCUT2D eigenvalue weighted by Gasteiger charge is -2.16. The summed E-state index contributed by atoms with van der Waals surface area (Å²) in [5.74, 6) is 0.0722. The number of hydrogen-bond acceptors (Lipinski definition) is 6. The number of aromatic nitrogens is 4. The molecule has 1 aromatic carbocycles. The Morgan fingerprint density at radius 1 is 1.31 bits per heavy atom. The molecule has 3 aromatic heterocycles. The highest BCUT2D eigenvalue weighted by Crippen LogP contribution is 2.43. The number of fused-ring (bicyclic) bond motifs is 1. The van der Waals surface area contributed by atoms with Crippen LogP contribution in [0.4, 0.5) is 10.1 Å². The smallest absolute Gasteiger partial charge is 0.274 e. The van der Waals surface area contributed by atoms with Gasteiger partial charge in [-0.15, -0.1) is 0 Å². The fourth-order valence-electron chi connectivity index (χ4n) is 4.08. The van der Waals surface area contributed by atoms with Gasteiger partial charge in [-0.25, -0.2) is 9.37 Å². The monoisotopic (exact) mass is 477 g/mol. The molecule has 8 nitrogen and oxygen atoms in total. The van der Waals surface area contributed by atoms with Crippen LogP contribution in [0.15, 0.2) is 47.2 Å². The lowest BCUT2D eigenvalue weighted by Crippen LogP contribution is -2.18. The number of anilines is 1. The Morgan fingerprint density at radius 2 is 2.11 bits per heavy atom. The van der Waals surface area contributed by atoms with E-state index in [1.165, 1.54) is 0 Å². The molecule has 5 rings (SSSR count). The Kier molecular flexibility index (Phi) is 5.88. The van der Waals surface area contributed by atoms with Gasteiger partial charge in [0, 0.05) is 17.4 Å². The topological polar surface area (TPSA) is 106 Å². The molecule has 0 aliphatic heterocycles. The van der Waals surface area contributed by atoms with Crippen LogP contribution in [-0.4, -0.2) is 42.3 Å². The highest BCUT2D eigenvalue weighted by atomic mass is 19.1.